The van der Waals surface area contributed by atoms with Gasteiger partial charge in [0, 0.05) is 44.6 Å². The quantitative estimate of drug-likeness (QED) is 0.804. The van der Waals surface area contributed by atoms with Crippen molar-refractivity contribution in [1.29, 1.82) is 0 Å². The molecule has 9 heteroatoms. The molecule has 0 spiro atoms. The fourth-order valence-electron chi connectivity index (χ4n) is 3.05. The van der Waals surface area contributed by atoms with Gasteiger partial charge in [0.05, 0.1) is 10.9 Å². The normalized spacial score (nSPS) is 19.0. The Morgan fingerprint density at radius 1 is 1.40 bits per heavy atom. The third-order valence-corrected chi connectivity index (χ3v) is 6.34. The molecular weight excluding hydrogens is 342 g/mol. The average Bonchev–Trinajstić information content (AvgIpc) is 3.00. The van der Waals surface area contributed by atoms with Crippen LogP contribution in [0.25, 0.3) is 0 Å². The summed E-state index contributed by atoms with van der Waals surface area (Å²) in [6.07, 6.45) is 3.43. The topological polar surface area (TPSA) is 110 Å². The molecule has 0 aliphatic carbocycles. The summed E-state index contributed by atoms with van der Waals surface area (Å²) in [5.74, 6) is 0.0218. The minimum atomic E-state index is -3.79. The highest BCUT2D eigenvalue weighted by atomic mass is 32.2. The molecule has 2 aromatic rings. The first-order valence-electron chi connectivity index (χ1n) is 7.92. The van der Waals surface area contributed by atoms with E-state index in [-0.39, 0.29) is 10.5 Å². The molecule has 2 heterocycles. The van der Waals surface area contributed by atoms with Crippen LogP contribution in [0.15, 0.2) is 35.5 Å². The minimum Gasteiger partial charge on any atom is -0.366 e. The lowest BCUT2D eigenvalue weighted by atomic mass is 10.1. The van der Waals surface area contributed by atoms with E-state index in [0.717, 1.165) is 0 Å². The van der Waals surface area contributed by atoms with Crippen molar-refractivity contribution >= 4 is 15.9 Å². The molecule has 1 unspecified atom stereocenters. The van der Waals surface area contributed by atoms with Crippen molar-refractivity contribution in [3.8, 4) is 0 Å². The number of primary amides is 1. The van der Waals surface area contributed by atoms with Crippen LogP contribution in [-0.4, -0.2) is 47.8 Å². The summed E-state index contributed by atoms with van der Waals surface area (Å²) >= 11 is 0. The molecular formula is C16H21N5O3S. The Balaban J connectivity index is 2.04. The van der Waals surface area contributed by atoms with Crippen LogP contribution in [0.2, 0.25) is 0 Å². The largest absolute Gasteiger partial charge is 0.366 e. The zero-order valence-electron chi connectivity index (χ0n) is 14.1. The predicted octanol–water partition coefficient (Wildman–Crippen LogP) is 0.163. The highest BCUT2D eigenvalue weighted by Crippen LogP contribution is 2.28. The van der Waals surface area contributed by atoms with Crippen molar-refractivity contribution in [3.05, 3.63) is 47.5 Å². The Morgan fingerprint density at radius 3 is 2.80 bits per heavy atom. The summed E-state index contributed by atoms with van der Waals surface area (Å²) in [4.78, 5) is 15.9. The third kappa shape index (κ3) is 3.17. The number of aromatic nitrogens is 2. The Morgan fingerprint density at radius 2 is 2.16 bits per heavy atom. The van der Waals surface area contributed by atoms with Gasteiger partial charge in [0.1, 0.15) is 5.82 Å². The van der Waals surface area contributed by atoms with Crippen LogP contribution >= 0.6 is 0 Å². The van der Waals surface area contributed by atoms with E-state index in [0.29, 0.717) is 31.0 Å². The van der Waals surface area contributed by atoms with E-state index in [9.17, 15) is 13.2 Å². The second kappa shape index (κ2) is 6.58. The van der Waals surface area contributed by atoms with Crippen molar-refractivity contribution in [2.24, 2.45) is 12.8 Å². The van der Waals surface area contributed by atoms with Gasteiger partial charge in [-0.15, -0.1) is 0 Å². The van der Waals surface area contributed by atoms with E-state index in [1.54, 1.807) is 25.4 Å². The van der Waals surface area contributed by atoms with Crippen molar-refractivity contribution in [3.63, 3.8) is 0 Å². The SMILES string of the molecule is Cc1ccc(S(=O)(=O)N2CCNCC2c2nccn2C)cc1C(N)=O. The Bertz CT molecular complexity index is 906. The number of imidazole rings is 1. The third-order valence-electron chi connectivity index (χ3n) is 4.43. The molecule has 8 nitrogen and oxygen atoms in total. The molecule has 1 aliphatic rings. The smallest absolute Gasteiger partial charge is 0.249 e. The highest BCUT2D eigenvalue weighted by Gasteiger charge is 2.36. The molecule has 1 atom stereocenters. The van der Waals surface area contributed by atoms with Gasteiger partial charge in [-0.25, -0.2) is 13.4 Å². The first kappa shape index (κ1) is 17.6. The molecule has 3 N–H and O–H groups in total. The number of nitrogens with zero attached hydrogens (tertiary/aromatic N) is 3. The van der Waals surface area contributed by atoms with Crippen LogP contribution in [0.4, 0.5) is 0 Å². The standard InChI is InChI=1S/C16H21N5O3S/c1-11-3-4-12(9-13(11)15(17)22)25(23,24)21-8-5-18-10-14(21)16-19-6-7-20(16)2/h3-4,6-7,9,14,18H,5,8,10H2,1-2H3,(H2,17,22). The number of rotatable bonds is 4. The fraction of sp³-hybridized carbons (Fsp3) is 0.375. The van der Waals surface area contributed by atoms with Gasteiger partial charge < -0.3 is 15.6 Å². The molecule has 1 aromatic heterocycles. The van der Waals surface area contributed by atoms with Gasteiger partial charge in [-0.3, -0.25) is 4.79 Å². The molecule has 0 saturated carbocycles. The molecule has 1 amide bonds. The van der Waals surface area contributed by atoms with E-state index in [2.05, 4.69) is 10.3 Å². The Labute approximate surface area is 146 Å². The minimum absolute atomic E-state index is 0.0630. The number of aryl methyl sites for hydroxylation is 2. The van der Waals surface area contributed by atoms with Gasteiger partial charge in [-0.05, 0) is 24.6 Å². The van der Waals surface area contributed by atoms with Gasteiger partial charge in [-0.2, -0.15) is 4.31 Å². The van der Waals surface area contributed by atoms with E-state index < -0.39 is 22.0 Å². The van der Waals surface area contributed by atoms with Gasteiger partial charge in [0.25, 0.3) is 0 Å². The van der Waals surface area contributed by atoms with Crippen molar-refractivity contribution in [2.75, 3.05) is 19.6 Å². The zero-order valence-corrected chi connectivity index (χ0v) is 15.0. The number of piperazine rings is 1. The summed E-state index contributed by atoms with van der Waals surface area (Å²) in [6.45, 7) is 3.06. The lowest BCUT2D eigenvalue weighted by Crippen LogP contribution is -2.49. The number of nitrogens with one attached hydrogen (secondary N) is 1. The zero-order chi connectivity index (χ0) is 18.2. The molecule has 0 bridgehead atoms. The van der Waals surface area contributed by atoms with E-state index in [1.807, 2.05) is 11.6 Å². The van der Waals surface area contributed by atoms with Crippen LogP contribution in [0, 0.1) is 6.92 Å². The number of sulfonamides is 1. The molecule has 3 rings (SSSR count). The number of nitrogens with two attached hydrogens (primary N) is 1. The van der Waals surface area contributed by atoms with Gasteiger partial charge >= 0.3 is 0 Å². The maximum Gasteiger partial charge on any atom is 0.249 e. The van der Waals surface area contributed by atoms with Gasteiger partial charge in [-0.1, -0.05) is 6.07 Å². The summed E-state index contributed by atoms with van der Waals surface area (Å²) in [7, 11) is -1.96. The maximum atomic E-state index is 13.2. The monoisotopic (exact) mass is 363 g/mol. The van der Waals surface area contributed by atoms with Crippen molar-refractivity contribution in [1.82, 2.24) is 19.2 Å². The molecule has 1 saturated heterocycles. The van der Waals surface area contributed by atoms with Crippen molar-refractivity contribution in [2.45, 2.75) is 17.9 Å². The molecule has 1 aromatic carbocycles. The van der Waals surface area contributed by atoms with Crippen LogP contribution in [0.3, 0.4) is 0 Å². The maximum absolute atomic E-state index is 13.2. The van der Waals surface area contributed by atoms with E-state index in [4.69, 9.17) is 5.73 Å². The van der Waals surface area contributed by atoms with Crippen LogP contribution in [-0.2, 0) is 17.1 Å². The van der Waals surface area contributed by atoms with Crippen molar-refractivity contribution < 1.29 is 13.2 Å². The molecule has 1 aliphatic heterocycles. The van der Waals surface area contributed by atoms with Gasteiger partial charge in [0.2, 0.25) is 15.9 Å². The molecule has 1 fully saturated rings. The summed E-state index contributed by atoms with van der Waals surface area (Å²) < 4.78 is 29.6. The number of amides is 1. The van der Waals surface area contributed by atoms with Crippen LogP contribution in [0.5, 0.6) is 0 Å². The summed E-state index contributed by atoms with van der Waals surface area (Å²) in [5.41, 5.74) is 6.22. The number of benzene rings is 1. The molecule has 25 heavy (non-hydrogen) atoms. The molecule has 0 radical (unpaired) electrons. The summed E-state index contributed by atoms with van der Waals surface area (Å²) in [5, 5.41) is 3.21. The Kier molecular flexibility index (Phi) is 4.63. The second-order valence-electron chi connectivity index (χ2n) is 6.07. The summed E-state index contributed by atoms with van der Waals surface area (Å²) in [6, 6.07) is 4.04. The Hall–Kier alpha value is -2.23. The van der Waals surface area contributed by atoms with Crippen LogP contribution < -0.4 is 11.1 Å². The number of hydrogen-bond donors (Lipinski definition) is 2. The van der Waals surface area contributed by atoms with Gasteiger partial charge in [0.15, 0.2) is 0 Å². The first-order chi connectivity index (χ1) is 11.8. The average molecular weight is 363 g/mol. The highest BCUT2D eigenvalue weighted by molar-refractivity contribution is 7.89. The number of hydrogen-bond acceptors (Lipinski definition) is 5. The van der Waals surface area contributed by atoms with Crippen LogP contribution in [0.1, 0.15) is 27.8 Å². The predicted molar refractivity (Wildman–Crippen MR) is 92.4 cm³/mol. The van der Waals surface area contributed by atoms with E-state index in [1.165, 1.54) is 16.4 Å². The lowest BCUT2D eigenvalue weighted by Gasteiger charge is -2.34. The number of carbonyl (C=O) groups excluding carboxylic acids is 1. The first-order valence-corrected chi connectivity index (χ1v) is 9.36. The van der Waals surface area contributed by atoms with E-state index >= 15 is 0 Å². The second-order valence-corrected chi connectivity index (χ2v) is 7.96. The lowest BCUT2D eigenvalue weighted by molar-refractivity contribution is 0.0999. The fourth-order valence-corrected chi connectivity index (χ4v) is 4.67. The molecule has 134 valence electrons. The number of carbonyl (C=O) groups is 1.